The number of carbonyl (C=O) groups is 1. The first kappa shape index (κ1) is 19.2. The molecule has 3 aromatic rings. The Hall–Kier alpha value is -2.16. The molecule has 1 fully saturated rings. The van der Waals surface area contributed by atoms with Gasteiger partial charge in [-0.1, -0.05) is 6.07 Å². The molecule has 3 aromatic heterocycles. The maximum atomic E-state index is 12.7. The fourth-order valence-corrected chi connectivity index (χ4v) is 5.19. The maximum absolute atomic E-state index is 12.7. The fourth-order valence-electron chi connectivity index (χ4n) is 3.51. The van der Waals surface area contributed by atoms with Crippen LogP contribution in [0.15, 0.2) is 36.0 Å². The Bertz CT molecular complexity index is 910. The van der Waals surface area contributed by atoms with Crippen molar-refractivity contribution in [2.24, 2.45) is 5.92 Å². The van der Waals surface area contributed by atoms with E-state index < -0.39 is 0 Å². The summed E-state index contributed by atoms with van der Waals surface area (Å²) in [6.45, 7) is 5.74. The number of piperidine rings is 1. The molecule has 1 N–H and O–H groups in total. The van der Waals surface area contributed by atoms with Crippen molar-refractivity contribution < 1.29 is 4.79 Å². The number of hydrogen-bond acceptors (Lipinski definition) is 7. The average molecular weight is 414 g/mol. The number of hydrogen-bond donors (Lipinski definition) is 1. The van der Waals surface area contributed by atoms with Crippen LogP contribution in [0.2, 0.25) is 0 Å². The number of nitrogens with zero attached hydrogens (tertiary/aromatic N) is 4. The van der Waals surface area contributed by atoms with Crippen LogP contribution in [0, 0.1) is 12.8 Å². The van der Waals surface area contributed by atoms with Crippen LogP contribution >= 0.6 is 22.7 Å². The number of aromatic nitrogens is 3. The largest absolute Gasteiger partial charge is 0.351 e. The highest BCUT2D eigenvalue weighted by Crippen LogP contribution is 2.25. The van der Waals surface area contributed by atoms with Crippen LogP contribution in [-0.2, 0) is 6.54 Å². The molecule has 146 valence electrons. The quantitative estimate of drug-likeness (QED) is 0.668. The number of likely N-dealkylation sites (tertiary alicyclic amines) is 1. The summed E-state index contributed by atoms with van der Waals surface area (Å²) in [5.41, 5.74) is 0.730. The molecule has 1 aliphatic heterocycles. The Balaban J connectivity index is 1.33. The van der Waals surface area contributed by atoms with E-state index in [9.17, 15) is 4.79 Å². The van der Waals surface area contributed by atoms with Gasteiger partial charge in [0, 0.05) is 36.9 Å². The topological polar surface area (TPSA) is 71.0 Å². The Morgan fingerprint density at radius 1 is 1.32 bits per heavy atom. The first-order chi connectivity index (χ1) is 13.7. The molecule has 0 aromatic carbocycles. The zero-order valence-electron chi connectivity index (χ0n) is 15.8. The second-order valence-electron chi connectivity index (χ2n) is 7.04. The number of aryl methyl sites for hydroxylation is 1. The molecule has 6 nitrogen and oxygen atoms in total. The Labute approximate surface area is 172 Å². The lowest BCUT2D eigenvalue weighted by atomic mass is 9.98. The summed E-state index contributed by atoms with van der Waals surface area (Å²) >= 11 is 3.16. The van der Waals surface area contributed by atoms with E-state index in [1.807, 2.05) is 18.3 Å². The molecule has 0 bridgehead atoms. The predicted octanol–water partition coefficient (Wildman–Crippen LogP) is 3.61. The minimum Gasteiger partial charge on any atom is -0.351 e. The molecule has 0 saturated carbocycles. The van der Waals surface area contributed by atoms with Crippen LogP contribution < -0.4 is 5.32 Å². The van der Waals surface area contributed by atoms with E-state index in [4.69, 9.17) is 0 Å². The van der Waals surface area contributed by atoms with E-state index in [1.54, 1.807) is 18.5 Å². The summed E-state index contributed by atoms with van der Waals surface area (Å²) in [4.78, 5) is 30.2. The van der Waals surface area contributed by atoms with Gasteiger partial charge in [0.1, 0.15) is 4.88 Å². The molecule has 1 aliphatic rings. The predicted molar refractivity (Wildman–Crippen MR) is 113 cm³/mol. The fraction of sp³-hybridized carbons (Fsp3) is 0.400. The summed E-state index contributed by atoms with van der Waals surface area (Å²) in [6, 6.07) is 6.06. The third-order valence-corrected chi connectivity index (χ3v) is 6.89. The van der Waals surface area contributed by atoms with Gasteiger partial charge in [-0.25, -0.2) is 15.0 Å². The lowest BCUT2D eigenvalue weighted by Crippen LogP contribution is -2.40. The minimum atomic E-state index is -0.0486. The molecular formula is C20H23N5OS2. The number of thiazole rings is 1. The summed E-state index contributed by atoms with van der Waals surface area (Å²) in [7, 11) is 0. The number of carbonyl (C=O) groups excluding carboxylic acids is 1. The van der Waals surface area contributed by atoms with Crippen molar-refractivity contribution in [2.75, 3.05) is 19.6 Å². The lowest BCUT2D eigenvalue weighted by Gasteiger charge is -2.32. The third kappa shape index (κ3) is 4.63. The molecule has 8 heteroatoms. The van der Waals surface area contributed by atoms with Gasteiger partial charge in [0.05, 0.1) is 5.69 Å². The SMILES string of the molecule is Cc1nc(-c2ncccn2)sc1C(=O)NCC1CCCN(Cc2cccs2)C1. The number of rotatable bonds is 6. The van der Waals surface area contributed by atoms with Gasteiger partial charge in [-0.05, 0) is 49.7 Å². The summed E-state index contributed by atoms with van der Waals surface area (Å²) in [5, 5.41) is 5.93. The van der Waals surface area contributed by atoms with Gasteiger partial charge in [0.25, 0.3) is 5.91 Å². The van der Waals surface area contributed by atoms with E-state index in [0.29, 0.717) is 28.2 Å². The number of nitrogens with one attached hydrogen (secondary N) is 1. The molecule has 1 amide bonds. The second kappa shape index (κ2) is 8.89. The molecule has 1 atom stereocenters. The molecule has 0 spiro atoms. The van der Waals surface area contributed by atoms with Crippen molar-refractivity contribution in [1.29, 1.82) is 0 Å². The van der Waals surface area contributed by atoms with Gasteiger partial charge in [0.15, 0.2) is 10.8 Å². The first-order valence-electron chi connectivity index (χ1n) is 9.47. The molecule has 1 unspecified atom stereocenters. The van der Waals surface area contributed by atoms with Gasteiger partial charge in [-0.15, -0.1) is 22.7 Å². The molecule has 1 saturated heterocycles. The van der Waals surface area contributed by atoms with Gasteiger partial charge in [0.2, 0.25) is 0 Å². The van der Waals surface area contributed by atoms with E-state index in [-0.39, 0.29) is 5.91 Å². The third-order valence-electron chi connectivity index (χ3n) is 4.87. The monoisotopic (exact) mass is 413 g/mol. The van der Waals surface area contributed by atoms with Crippen LogP contribution in [0.3, 0.4) is 0 Å². The van der Waals surface area contributed by atoms with Crippen LogP contribution in [0.4, 0.5) is 0 Å². The summed E-state index contributed by atoms with van der Waals surface area (Å²) in [6.07, 6.45) is 5.71. The zero-order chi connectivity index (χ0) is 19.3. The molecule has 28 heavy (non-hydrogen) atoms. The van der Waals surface area contributed by atoms with Crippen molar-refractivity contribution in [3.63, 3.8) is 0 Å². The van der Waals surface area contributed by atoms with Crippen LogP contribution in [0.1, 0.15) is 33.1 Å². The Morgan fingerprint density at radius 2 is 2.18 bits per heavy atom. The standard InChI is InChI=1S/C20H23N5OS2/c1-14-17(28-20(24-14)18-21-7-4-8-22-18)19(26)23-11-15-5-2-9-25(12-15)13-16-6-3-10-27-16/h3-4,6-8,10,15H,2,5,9,11-13H2,1H3,(H,23,26). The highest BCUT2D eigenvalue weighted by Gasteiger charge is 2.22. The molecule has 4 rings (SSSR count). The van der Waals surface area contributed by atoms with Crippen molar-refractivity contribution >= 4 is 28.6 Å². The smallest absolute Gasteiger partial charge is 0.263 e. The average Bonchev–Trinajstić information content (AvgIpc) is 3.37. The first-order valence-corrected chi connectivity index (χ1v) is 11.2. The van der Waals surface area contributed by atoms with Gasteiger partial charge in [-0.2, -0.15) is 0 Å². The van der Waals surface area contributed by atoms with E-state index in [2.05, 4.69) is 42.7 Å². The number of amides is 1. The molecular weight excluding hydrogens is 390 g/mol. The second-order valence-corrected chi connectivity index (χ2v) is 9.07. The van der Waals surface area contributed by atoms with Gasteiger partial charge >= 0.3 is 0 Å². The van der Waals surface area contributed by atoms with E-state index in [1.165, 1.54) is 22.6 Å². The molecule has 4 heterocycles. The van der Waals surface area contributed by atoms with Gasteiger partial charge in [-0.3, -0.25) is 9.69 Å². The minimum absolute atomic E-state index is 0.0486. The summed E-state index contributed by atoms with van der Waals surface area (Å²) < 4.78 is 0. The maximum Gasteiger partial charge on any atom is 0.263 e. The van der Waals surface area contributed by atoms with Crippen LogP contribution in [0.5, 0.6) is 0 Å². The normalized spacial score (nSPS) is 17.5. The summed E-state index contributed by atoms with van der Waals surface area (Å²) in [5.74, 6) is 1.00. The highest BCUT2D eigenvalue weighted by atomic mass is 32.1. The Kier molecular flexibility index (Phi) is 6.09. The Morgan fingerprint density at radius 3 is 2.96 bits per heavy atom. The van der Waals surface area contributed by atoms with Crippen LogP contribution in [0.25, 0.3) is 10.8 Å². The van der Waals surface area contributed by atoms with Crippen molar-refractivity contribution in [1.82, 2.24) is 25.2 Å². The van der Waals surface area contributed by atoms with Crippen molar-refractivity contribution in [3.05, 3.63) is 51.4 Å². The lowest BCUT2D eigenvalue weighted by molar-refractivity contribution is 0.0934. The zero-order valence-corrected chi connectivity index (χ0v) is 17.4. The van der Waals surface area contributed by atoms with Gasteiger partial charge < -0.3 is 5.32 Å². The van der Waals surface area contributed by atoms with Crippen molar-refractivity contribution in [2.45, 2.75) is 26.3 Å². The van der Waals surface area contributed by atoms with Crippen molar-refractivity contribution in [3.8, 4) is 10.8 Å². The van der Waals surface area contributed by atoms with Crippen LogP contribution in [-0.4, -0.2) is 45.4 Å². The molecule has 0 radical (unpaired) electrons. The van der Waals surface area contributed by atoms with E-state index in [0.717, 1.165) is 31.7 Å². The molecule has 0 aliphatic carbocycles. The highest BCUT2D eigenvalue weighted by molar-refractivity contribution is 7.17. The van der Waals surface area contributed by atoms with E-state index >= 15 is 0 Å². The number of thiophene rings is 1.